The molecule has 1 atom stereocenters. The molecular weight excluding hydrogens is 244 g/mol. The van der Waals surface area contributed by atoms with Crippen molar-refractivity contribution < 1.29 is 0 Å². The van der Waals surface area contributed by atoms with Crippen LogP contribution in [0.3, 0.4) is 0 Å². The van der Waals surface area contributed by atoms with Crippen LogP contribution in [-0.4, -0.2) is 17.6 Å². The van der Waals surface area contributed by atoms with Gasteiger partial charge in [-0.15, -0.1) is 0 Å². The first-order chi connectivity index (χ1) is 9.74. The van der Waals surface area contributed by atoms with Crippen LogP contribution in [0.25, 0.3) is 0 Å². The highest BCUT2D eigenvalue weighted by atomic mass is 14.9. The third-order valence-electron chi connectivity index (χ3n) is 4.08. The molecule has 0 saturated heterocycles. The monoisotopic (exact) mass is 276 g/mol. The van der Waals surface area contributed by atoms with Gasteiger partial charge in [0.2, 0.25) is 0 Å². The molecule has 1 N–H and O–H groups in total. The molecule has 0 spiro atoms. The van der Waals surface area contributed by atoms with E-state index >= 15 is 0 Å². The van der Waals surface area contributed by atoms with Crippen molar-refractivity contribution in [3.05, 3.63) is 29.6 Å². The van der Waals surface area contributed by atoms with Crippen molar-refractivity contribution in [2.24, 2.45) is 5.92 Å². The molecule has 0 amide bonds. The van der Waals surface area contributed by atoms with Crippen LogP contribution in [0.15, 0.2) is 18.3 Å². The minimum atomic E-state index is 0.569. The number of hydrogen-bond acceptors (Lipinski definition) is 2. The lowest BCUT2D eigenvalue weighted by molar-refractivity contribution is 0.311. The predicted molar refractivity (Wildman–Crippen MR) is 88.1 cm³/mol. The van der Waals surface area contributed by atoms with E-state index in [0.29, 0.717) is 6.04 Å². The van der Waals surface area contributed by atoms with Crippen LogP contribution in [0, 0.1) is 5.92 Å². The minimum absolute atomic E-state index is 0.569. The number of hydrogen-bond donors (Lipinski definition) is 1. The SMILES string of the molecule is CCCC(CCC)C(Cc1ccc(CC)cn1)NCC. The zero-order valence-electron chi connectivity index (χ0n) is 13.8. The van der Waals surface area contributed by atoms with Gasteiger partial charge in [0.15, 0.2) is 0 Å². The van der Waals surface area contributed by atoms with Crippen LogP contribution >= 0.6 is 0 Å². The topological polar surface area (TPSA) is 24.9 Å². The maximum atomic E-state index is 4.63. The molecule has 0 saturated carbocycles. The minimum Gasteiger partial charge on any atom is -0.314 e. The maximum Gasteiger partial charge on any atom is 0.0419 e. The number of pyridine rings is 1. The van der Waals surface area contributed by atoms with Crippen LogP contribution in [0.5, 0.6) is 0 Å². The van der Waals surface area contributed by atoms with Gasteiger partial charge in [-0.2, -0.15) is 0 Å². The Kier molecular flexibility index (Phi) is 8.52. The van der Waals surface area contributed by atoms with Gasteiger partial charge in [-0.1, -0.05) is 46.6 Å². The fourth-order valence-corrected chi connectivity index (χ4v) is 2.97. The van der Waals surface area contributed by atoms with Crippen LogP contribution in [-0.2, 0) is 12.8 Å². The first-order valence-corrected chi connectivity index (χ1v) is 8.42. The fourth-order valence-electron chi connectivity index (χ4n) is 2.97. The van der Waals surface area contributed by atoms with E-state index < -0.39 is 0 Å². The lowest BCUT2D eigenvalue weighted by Gasteiger charge is -2.27. The van der Waals surface area contributed by atoms with Gasteiger partial charge in [0.05, 0.1) is 0 Å². The number of rotatable bonds is 10. The first-order valence-electron chi connectivity index (χ1n) is 8.42. The molecule has 1 rings (SSSR count). The number of aryl methyl sites for hydroxylation is 1. The Morgan fingerprint density at radius 3 is 2.20 bits per heavy atom. The number of aromatic nitrogens is 1. The Hall–Kier alpha value is -0.890. The third-order valence-corrected chi connectivity index (χ3v) is 4.08. The maximum absolute atomic E-state index is 4.63. The Bertz CT molecular complexity index is 339. The van der Waals surface area contributed by atoms with E-state index in [2.05, 4.69) is 50.1 Å². The Labute approximate surface area is 125 Å². The van der Waals surface area contributed by atoms with E-state index in [1.165, 1.54) is 36.9 Å². The summed E-state index contributed by atoms with van der Waals surface area (Å²) in [6.45, 7) is 10.0. The van der Waals surface area contributed by atoms with Gasteiger partial charge in [-0.3, -0.25) is 4.98 Å². The molecular formula is C18H32N2. The van der Waals surface area contributed by atoms with Crippen LogP contribution in [0.4, 0.5) is 0 Å². The summed E-state index contributed by atoms with van der Waals surface area (Å²) in [7, 11) is 0. The lowest BCUT2D eigenvalue weighted by atomic mass is 9.87. The van der Waals surface area contributed by atoms with E-state index in [4.69, 9.17) is 0 Å². The van der Waals surface area contributed by atoms with Crippen molar-refractivity contribution >= 4 is 0 Å². The van der Waals surface area contributed by atoms with E-state index in [9.17, 15) is 0 Å². The van der Waals surface area contributed by atoms with Crippen LogP contribution in [0.2, 0.25) is 0 Å². The largest absolute Gasteiger partial charge is 0.314 e. The van der Waals surface area contributed by atoms with E-state index in [1.807, 2.05) is 6.20 Å². The highest BCUT2D eigenvalue weighted by Gasteiger charge is 2.20. The summed E-state index contributed by atoms with van der Waals surface area (Å²) in [6, 6.07) is 5.00. The molecule has 0 aromatic carbocycles. The molecule has 1 unspecified atom stereocenters. The van der Waals surface area contributed by atoms with Crippen LogP contribution < -0.4 is 5.32 Å². The Balaban J connectivity index is 2.72. The summed E-state index contributed by atoms with van der Waals surface area (Å²) >= 11 is 0. The standard InChI is InChI=1S/C18H32N2/c1-5-9-16(10-6-2)18(19-8-4)13-17-12-11-15(7-3)14-20-17/h11-12,14,16,18-19H,5-10,13H2,1-4H3. The molecule has 2 nitrogen and oxygen atoms in total. The molecule has 0 bridgehead atoms. The van der Waals surface area contributed by atoms with Crippen molar-refractivity contribution in [1.82, 2.24) is 10.3 Å². The average Bonchev–Trinajstić information content (AvgIpc) is 2.47. The molecule has 0 fully saturated rings. The van der Waals surface area contributed by atoms with Gasteiger partial charge >= 0.3 is 0 Å². The molecule has 1 aromatic heterocycles. The zero-order valence-corrected chi connectivity index (χ0v) is 13.8. The normalized spacial score (nSPS) is 12.8. The quantitative estimate of drug-likeness (QED) is 0.686. The van der Waals surface area contributed by atoms with Crippen LogP contribution in [0.1, 0.15) is 64.6 Å². The summed E-state index contributed by atoms with van der Waals surface area (Å²) in [5, 5.41) is 3.69. The molecule has 114 valence electrons. The summed E-state index contributed by atoms with van der Waals surface area (Å²) in [4.78, 5) is 4.63. The summed E-state index contributed by atoms with van der Waals surface area (Å²) in [5.74, 6) is 0.776. The highest BCUT2D eigenvalue weighted by molar-refractivity contribution is 5.14. The van der Waals surface area contributed by atoms with Crippen molar-refractivity contribution in [2.75, 3.05) is 6.54 Å². The van der Waals surface area contributed by atoms with Gasteiger partial charge in [-0.05, 0) is 43.4 Å². The first kappa shape index (κ1) is 17.2. The highest BCUT2D eigenvalue weighted by Crippen LogP contribution is 2.20. The smallest absolute Gasteiger partial charge is 0.0419 e. The third kappa shape index (κ3) is 5.62. The molecule has 2 heteroatoms. The molecule has 20 heavy (non-hydrogen) atoms. The molecule has 0 radical (unpaired) electrons. The Morgan fingerprint density at radius 2 is 1.75 bits per heavy atom. The molecule has 0 aliphatic carbocycles. The van der Waals surface area contributed by atoms with Crippen molar-refractivity contribution in [3.8, 4) is 0 Å². The average molecular weight is 276 g/mol. The number of likely N-dealkylation sites (N-methyl/N-ethyl adjacent to an activating group) is 1. The number of nitrogens with zero attached hydrogens (tertiary/aromatic N) is 1. The second-order valence-electron chi connectivity index (χ2n) is 5.72. The van der Waals surface area contributed by atoms with E-state index in [-0.39, 0.29) is 0 Å². The molecule has 0 aliphatic heterocycles. The Morgan fingerprint density at radius 1 is 1.05 bits per heavy atom. The van der Waals surface area contributed by atoms with Crippen molar-refractivity contribution in [1.29, 1.82) is 0 Å². The van der Waals surface area contributed by atoms with Crippen molar-refractivity contribution in [3.63, 3.8) is 0 Å². The molecule has 1 heterocycles. The number of nitrogens with one attached hydrogen (secondary N) is 1. The van der Waals surface area contributed by atoms with Crippen molar-refractivity contribution in [2.45, 2.75) is 72.3 Å². The molecule has 1 aromatic rings. The summed E-state index contributed by atoms with van der Waals surface area (Å²) in [6.07, 6.45) is 9.34. The van der Waals surface area contributed by atoms with Gasteiger partial charge in [0.25, 0.3) is 0 Å². The fraction of sp³-hybridized carbons (Fsp3) is 0.722. The van der Waals surface area contributed by atoms with Gasteiger partial charge in [-0.25, -0.2) is 0 Å². The van der Waals surface area contributed by atoms with Gasteiger partial charge in [0.1, 0.15) is 0 Å². The second-order valence-corrected chi connectivity index (χ2v) is 5.72. The second kappa shape index (κ2) is 9.93. The zero-order chi connectivity index (χ0) is 14.8. The molecule has 0 aliphatic rings. The predicted octanol–water partition coefficient (Wildman–Crippen LogP) is 4.38. The lowest BCUT2D eigenvalue weighted by Crippen LogP contribution is -2.38. The summed E-state index contributed by atoms with van der Waals surface area (Å²) < 4.78 is 0. The van der Waals surface area contributed by atoms with E-state index in [1.54, 1.807) is 0 Å². The van der Waals surface area contributed by atoms with Gasteiger partial charge in [0, 0.05) is 24.4 Å². The van der Waals surface area contributed by atoms with E-state index in [0.717, 1.165) is 25.3 Å². The summed E-state index contributed by atoms with van der Waals surface area (Å²) in [5.41, 5.74) is 2.55. The van der Waals surface area contributed by atoms with Gasteiger partial charge < -0.3 is 5.32 Å².